The van der Waals surface area contributed by atoms with Gasteiger partial charge in [0, 0.05) is 6.92 Å². The molecule has 0 aliphatic carbocycles. The summed E-state index contributed by atoms with van der Waals surface area (Å²) in [4.78, 5) is 38.1. The first-order valence-electron chi connectivity index (χ1n) is 10.1. The SMILES string of the molecule is COc1cc(/C=C2\SC(=O)N(CCOc3cc(C)ccc3C)C2=O)cc(OC)c1OC(C)=O. The largest absolute Gasteiger partial charge is 0.493 e. The van der Waals surface area contributed by atoms with Crippen LogP contribution in [0.2, 0.25) is 0 Å². The van der Waals surface area contributed by atoms with Crippen molar-refractivity contribution >= 4 is 35.0 Å². The number of thioether (sulfide) groups is 1. The third-order valence-corrected chi connectivity index (χ3v) is 5.72. The summed E-state index contributed by atoms with van der Waals surface area (Å²) in [6, 6.07) is 9.06. The molecule has 0 radical (unpaired) electrons. The second-order valence-corrected chi connectivity index (χ2v) is 8.29. The average molecular weight is 472 g/mol. The monoisotopic (exact) mass is 471 g/mol. The van der Waals surface area contributed by atoms with Crippen LogP contribution in [0.15, 0.2) is 35.2 Å². The lowest BCUT2D eigenvalue weighted by Gasteiger charge is -2.15. The van der Waals surface area contributed by atoms with Gasteiger partial charge in [-0.15, -0.1) is 0 Å². The molecule has 1 fully saturated rings. The van der Waals surface area contributed by atoms with E-state index in [9.17, 15) is 14.4 Å². The van der Waals surface area contributed by atoms with Crippen LogP contribution in [0.1, 0.15) is 23.6 Å². The maximum atomic E-state index is 12.8. The van der Waals surface area contributed by atoms with Gasteiger partial charge in [0.2, 0.25) is 5.75 Å². The Hall–Kier alpha value is -3.46. The van der Waals surface area contributed by atoms with Crippen molar-refractivity contribution in [1.82, 2.24) is 4.90 Å². The van der Waals surface area contributed by atoms with Crippen LogP contribution in [-0.2, 0) is 9.59 Å². The zero-order chi connectivity index (χ0) is 24.1. The van der Waals surface area contributed by atoms with Gasteiger partial charge in [0.15, 0.2) is 11.5 Å². The molecule has 0 spiro atoms. The first kappa shape index (κ1) is 24.2. The van der Waals surface area contributed by atoms with Crippen LogP contribution in [0.25, 0.3) is 6.08 Å². The van der Waals surface area contributed by atoms with Crippen molar-refractivity contribution in [2.75, 3.05) is 27.4 Å². The molecule has 1 aliphatic heterocycles. The number of benzene rings is 2. The topological polar surface area (TPSA) is 91.4 Å². The number of rotatable bonds is 8. The highest BCUT2D eigenvalue weighted by molar-refractivity contribution is 8.18. The van der Waals surface area contributed by atoms with Gasteiger partial charge in [-0.1, -0.05) is 12.1 Å². The Bertz CT molecular complexity index is 1100. The molecule has 0 N–H and O–H groups in total. The Kier molecular flexibility index (Phi) is 7.65. The number of imide groups is 1. The minimum absolute atomic E-state index is 0.132. The molecular formula is C24H25NO7S. The number of nitrogens with zero attached hydrogens (tertiary/aromatic N) is 1. The van der Waals surface area contributed by atoms with Crippen LogP contribution in [0, 0.1) is 13.8 Å². The molecule has 0 atom stereocenters. The first-order chi connectivity index (χ1) is 15.7. The number of carbonyl (C=O) groups is 3. The van der Waals surface area contributed by atoms with Crippen molar-refractivity contribution in [1.29, 1.82) is 0 Å². The molecule has 0 saturated carbocycles. The van der Waals surface area contributed by atoms with Crippen molar-refractivity contribution in [2.45, 2.75) is 20.8 Å². The van der Waals surface area contributed by atoms with Gasteiger partial charge in [-0.3, -0.25) is 19.3 Å². The number of amides is 2. The molecule has 33 heavy (non-hydrogen) atoms. The van der Waals surface area contributed by atoms with Crippen molar-refractivity contribution < 1.29 is 33.3 Å². The highest BCUT2D eigenvalue weighted by Gasteiger charge is 2.35. The van der Waals surface area contributed by atoms with Gasteiger partial charge >= 0.3 is 5.97 Å². The second kappa shape index (κ2) is 10.4. The number of carbonyl (C=O) groups excluding carboxylic acids is 3. The summed E-state index contributed by atoms with van der Waals surface area (Å²) >= 11 is 0.846. The Morgan fingerprint density at radius 1 is 1.03 bits per heavy atom. The number of esters is 1. The summed E-state index contributed by atoms with van der Waals surface area (Å²) in [6.07, 6.45) is 1.57. The van der Waals surface area contributed by atoms with Crippen LogP contribution in [0.3, 0.4) is 0 Å². The molecule has 2 aromatic carbocycles. The fourth-order valence-electron chi connectivity index (χ4n) is 3.18. The number of aryl methyl sites for hydroxylation is 2. The summed E-state index contributed by atoms with van der Waals surface area (Å²) in [5.74, 6) is 0.458. The fourth-order valence-corrected chi connectivity index (χ4v) is 4.05. The Morgan fingerprint density at radius 2 is 1.70 bits per heavy atom. The van der Waals surface area contributed by atoms with Crippen molar-refractivity contribution in [3.8, 4) is 23.0 Å². The Morgan fingerprint density at radius 3 is 2.30 bits per heavy atom. The zero-order valence-electron chi connectivity index (χ0n) is 19.1. The smallest absolute Gasteiger partial charge is 0.308 e. The molecule has 1 aliphatic rings. The number of ether oxygens (including phenoxy) is 4. The highest BCUT2D eigenvalue weighted by Crippen LogP contribution is 2.40. The predicted molar refractivity (Wildman–Crippen MR) is 125 cm³/mol. The predicted octanol–water partition coefficient (Wildman–Crippen LogP) is 4.36. The van der Waals surface area contributed by atoms with E-state index in [-0.39, 0.29) is 40.5 Å². The summed E-state index contributed by atoms with van der Waals surface area (Å²) in [6.45, 7) is 5.50. The summed E-state index contributed by atoms with van der Waals surface area (Å²) < 4.78 is 21.6. The summed E-state index contributed by atoms with van der Waals surface area (Å²) in [7, 11) is 2.85. The number of hydrogen-bond donors (Lipinski definition) is 0. The van der Waals surface area contributed by atoms with Gasteiger partial charge in [-0.05, 0) is 66.6 Å². The Labute approximate surface area is 196 Å². The van der Waals surface area contributed by atoms with Crippen molar-refractivity contribution in [2.24, 2.45) is 0 Å². The molecule has 3 rings (SSSR count). The maximum absolute atomic E-state index is 12.8. The molecule has 0 bridgehead atoms. The van der Waals surface area contributed by atoms with E-state index in [1.807, 2.05) is 32.0 Å². The van der Waals surface area contributed by atoms with Crippen LogP contribution >= 0.6 is 11.8 Å². The third kappa shape index (κ3) is 5.67. The van der Waals surface area contributed by atoms with Gasteiger partial charge in [-0.2, -0.15) is 0 Å². The second-order valence-electron chi connectivity index (χ2n) is 7.30. The normalized spacial score (nSPS) is 14.6. The highest BCUT2D eigenvalue weighted by atomic mass is 32.2. The molecule has 174 valence electrons. The van der Waals surface area contributed by atoms with Crippen LogP contribution in [-0.4, -0.2) is 49.4 Å². The fraction of sp³-hybridized carbons (Fsp3) is 0.292. The van der Waals surface area contributed by atoms with E-state index in [4.69, 9.17) is 18.9 Å². The zero-order valence-corrected chi connectivity index (χ0v) is 19.9. The molecular weight excluding hydrogens is 446 g/mol. The van der Waals surface area contributed by atoms with E-state index in [1.165, 1.54) is 21.1 Å². The van der Waals surface area contributed by atoms with Gasteiger partial charge in [-0.25, -0.2) is 0 Å². The van der Waals surface area contributed by atoms with Gasteiger partial charge < -0.3 is 18.9 Å². The van der Waals surface area contributed by atoms with E-state index in [1.54, 1.807) is 18.2 Å². The van der Waals surface area contributed by atoms with E-state index in [2.05, 4.69) is 0 Å². The Balaban J connectivity index is 1.76. The minimum Gasteiger partial charge on any atom is -0.493 e. The van der Waals surface area contributed by atoms with Crippen LogP contribution < -0.4 is 18.9 Å². The quantitative estimate of drug-likeness (QED) is 0.319. The maximum Gasteiger partial charge on any atom is 0.308 e. The van der Waals surface area contributed by atoms with Gasteiger partial charge in [0.05, 0.1) is 25.7 Å². The van der Waals surface area contributed by atoms with Crippen molar-refractivity contribution in [3.05, 3.63) is 51.9 Å². The molecule has 2 amide bonds. The van der Waals surface area contributed by atoms with E-state index in [0.29, 0.717) is 5.56 Å². The lowest BCUT2D eigenvalue weighted by atomic mass is 10.1. The van der Waals surface area contributed by atoms with E-state index in [0.717, 1.165) is 33.5 Å². The summed E-state index contributed by atoms with van der Waals surface area (Å²) in [5.41, 5.74) is 2.60. The molecule has 9 heteroatoms. The molecule has 8 nitrogen and oxygen atoms in total. The van der Waals surface area contributed by atoms with Gasteiger partial charge in [0.1, 0.15) is 12.4 Å². The molecule has 0 aromatic heterocycles. The lowest BCUT2D eigenvalue weighted by Crippen LogP contribution is -2.32. The molecule has 0 unspecified atom stereocenters. The number of methoxy groups -OCH3 is 2. The summed E-state index contributed by atoms with van der Waals surface area (Å²) in [5, 5.41) is -0.369. The lowest BCUT2D eigenvalue weighted by molar-refractivity contribution is -0.132. The van der Waals surface area contributed by atoms with E-state index >= 15 is 0 Å². The van der Waals surface area contributed by atoms with Crippen LogP contribution in [0.5, 0.6) is 23.0 Å². The van der Waals surface area contributed by atoms with Crippen LogP contribution in [0.4, 0.5) is 4.79 Å². The average Bonchev–Trinajstić information content (AvgIpc) is 3.03. The first-order valence-corrected chi connectivity index (χ1v) is 10.9. The molecule has 2 aromatic rings. The standard InChI is InChI=1S/C24H25NO7S/c1-14-6-7-15(2)18(10-14)31-9-8-25-23(27)21(33-24(25)28)13-17-11-19(29-4)22(32-16(3)26)20(12-17)30-5/h6-7,10-13H,8-9H2,1-5H3/b21-13-. The van der Waals surface area contributed by atoms with Crippen molar-refractivity contribution in [3.63, 3.8) is 0 Å². The third-order valence-electron chi connectivity index (χ3n) is 4.82. The molecule has 1 saturated heterocycles. The van der Waals surface area contributed by atoms with E-state index < -0.39 is 11.9 Å². The minimum atomic E-state index is -0.524. The van der Waals surface area contributed by atoms with Gasteiger partial charge in [0.25, 0.3) is 11.1 Å². The molecule has 1 heterocycles. The number of hydrogen-bond acceptors (Lipinski definition) is 8.